The van der Waals surface area contributed by atoms with Crippen LogP contribution in [0.3, 0.4) is 0 Å². The molecule has 1 saturated carbocycles. The summed E-state index contributed by atoms with van der Waals surface area (Å²) in [4.78, 5) is 0. The minimum Gasteiger partial charge on any atom is -0.429 e. The number of ether oxygens (including phenoxy) is 1. The van der Waals surface area contributed by atoms with E-state index in [2.05, 4.69) is 11.7 Å². The molecule has 0 aromatic heterocycles. The lowest BCUT2D eigenvalue weighted by atomic mass is 9.77. The Kier molecular flexibility index (Phi) is 10.2. The van der Waals surface area contributed by atoms with E-state index in [1.165, 1.54) is 31.4 Å². The van der Waals surface area contributed by atoms with Gasteiger partial charge in [-0.2, -0.15) is 8.78 Å². The predicted octanol–water partition coefficient (Wildman–Crippen LogP) is 12.1. The van der Waals surface area contributed by atoms with Crippen LogP contribution in [0.2, 0.25) is 0 Å². The Morgan fingerprint density at radius 3 is 1.77 bits per heavy atom. The van der Waals surface area contributed by atoms with E-state index in [0.29, 0.717) is 5.92 Å². The Balaban J connectivity index is 1.36. The third-order valence-electron chi connectivity index (χ3n) is 8.71. The first-order chi connectivity index (χ1) is 22.3. The second-order valence-corrected chi connectivity index (χ2v) is 11.9. The van der Waals surface area contributed by atoms with Gasteiger partial charge in [0.15, 0.2) is 17.5 Å². The Hall–Kier alpha value is -4.02. The van der Waals surface area contributed by atoms with Gasteiger partial charge in [0.2, 0.25) is 0 Å². The van der Waals surface area contributed by atoms with E-state index < -0.39 is 75.1 Å². The van der Waals surface area contributed by atoms with E-state index in [1.807, 2.05) is 0 Å². The number of halogens is 10. The minimum absolute atomic E-state index is 0.0413. The van der Waals surface area contributed by atoms with Crippen LogP contribution in [0.1, 0.15) is 75.3 Å². The van der Waals surface area contributed by atoms with Crippen LogP contribution in [-0.4, -0.2) is 0 Å². The van der Waals surface area contributed by atoms with E-state index >= 15 is 13.2 Å². The zero-order valence-corrected chi connectivity index (χ0v) is 25.2. The number of rotatable bonds is 10. The fraction of sp³-hybridized carbons (Fsp3) is 0.333. The number of benzene rings is 4. The molecule has 0 saturated heterocycles. The molecule has 0 heterocycles. The topological polar surface area (TPSA) is 9.23 Å². The smallest absolute Gasteiger partial charge is 0.429 e. The van der Waals surface area contributed by atoms with Crippen LogP contribution in [0.25, 0.3) is 22.3 Å². The monoisotopic (exact) mass is 668 g/mol. The Bertz CT molecular complexity index is 1690. The molecular weight excluding hydrogens is 638 g/mol. The van der Waals surface area contributed by atoms with Gasteiger partial charge in [-0.1, -0.05) is 44.7 Å². The standard InChI is InChI=1S/C36H30F10O/c1-2-3-4-5-19-6-8-20(9-7-19)21-10-11-25(26(37)12-21)22-13-27(38)33(28(39)14-22)23-15-29(40)34(30(41)16-23)36(45,46)47-24-17-31(42)35(44)32(43)18-24/h10-20H,2-9H2,1H3. The van der Waals surface area contributed by atoms with Gasteiger partial charge in [-0.15, -0.1) is 0 Å². The molecule has 1 nitrogen and oxygen atoms in total. The fourth-order valence-electron chi connectivity index (χ4n) is 6.28. The van der Waals surface area contributed by atoms with Gasteiger partial charge in [0.05, 0.1) is 5.56 Å². The zero-order valence-electron chi connectivity index (χ0n) is 25.2. The number of unbranched alkanes of at least 4 members (excludes halogenated alkanes) is 2. The van der Waals surface area contributed by atoms with Crippen LogP contribution >= 0.6 is 0 Å². The van der Waals surface area contributed by atoms with Gasteiger partial charge >= 0.3 is 6.11 Å². The van der Waals surface area contributed by atoms with Crippen LogP contribution in [0, 0.1) is 52.5 Å². The average molecular weight is 669 g/mol. The van der Waals surface area contributed by atoms with Gasteiger partial charge in [0, 0.05) is 17.7 Å². The van der Waals surface area contributed by atoms with Crippen molar-refractivity contribution in [3.63, 3.8) is 0 Å². The van der Waals surface area contributed by atoms with Gasteiger partial charge in [-0.25, -0.2) is 35.1 Å². The summed E-state index contributed by atoms with van der Waals surface area (Å²) < 4.78 is 149. The van der Waals surface area contributed by atoms with E-state index in [1.54, 1.807) is 6.07 Å². The molecular formula is C36H30F10O. The van der Waals surface area contributed by atoms with Gasteiger partial charge < -0.3 is 4.74 Å². The van der Waals surface area contributed by atoms with Gasteiger partial charge in [0.25, 0.3) is 0 Å². The van der Waals surface area contributed by atoms with Crippen molar-refractivity contribution < 1.29 is 48.6 Å². The Labute approximate surface area is 265 Å². The van der Waals surface area contributed by atoms with Gasteiger partial charge in [0.1, 0.15) is 40.4 Å². The second-order valence-electron chi connectivity index (χ2n) is 11.9. The van der Waals surface area contributed by atoms with E-state index in [0.717, 1.165) is 49.8 Å². The van der Waals surface area contributed by atoms with Crippen molar-refractivity contribution in [3.05, 3.63) is 112 Å². The van der Waals surface area contributed by atoms with Gasteiger partial charge in [-0.3, -0.25) is 0 Å². The van der Waals surface area contributed by atoms with Crippen molar-refractivity contribution in [2.45, 2.75) is 70.3 Å². The van der Waals surface area contributed by atoms with Crippen molar-refractivity contribution in [3.8, 4) is 28.0 Å². The highest BCUT2D eigenvalue weighted by atomic mass is 19.3. The lowest BCUT2D eigenvalue weighted by Gasteiger charge is -2.29. The highest BCUT2D eigenvalue weighted by Gasteiger charge is 2.42. The molecule has 1 fully saturated rings. The molecule has 0 bridgehead atoms. The Morgan fingerprint density at radius 2 is 1.21 bits per heavy atom. The molecule has 5 rings (SSSR count). The maximum atomic E-state index is 15.3. The third kappa shape index (κ3) is 7.44. The summed E-state index contributed by atoms with van der Waals surface area (Å²) in [7, 11) is 0. The first-order valence-corrected chi connectivity index (χ1v) is 15.3. The molecule has 11 heteroatoms. The second kappa shape index (κ2) is 14.0. The lowest BCUT2D eigenvalue weighted by Crippen LogP contribution is -2.25. The summed E-state index contributed by atoms with van der Waals surface area (Å²) in [5.74, 6) is -13.7. The molecule has 0 spiro atoms. The normalized spacial score (nSPS) is 16.8. The van der Waals surface area contributed by atoms with E-state index in [-0.39, 0.29) is 41.3 Å². The van der Waals surface area contributed by atoms with Crippen molar-refractivity contribution in [2.24, 2.45) is 5.92 Å². The molecule has 4 aromatic carbocycles. The lowest BCUT2D eigenvalue weighted by molar-refractivity contribution is -0.189. The summed E-state index contributed by atoms with van der Waals surface area (Å²) in [5.41, 5.74) is -3.32. The minimum atomic E-state index is -4.89. The number of hydrogen-bond acceptors (Lipinski definition) is 1. The SMILES string of the molecule is CCCCCC1CCC(c2ccc(-c3cc(F)c(-c4cc(F)c(C(F)(F)Oc5cc(F)c(F)c(F)c5)c(F)c4)c(F)c3)c(F)c2)CC1. The van der Waals surface area contributed by atoms with Crippen LogP contribution in [-0.2, 0) is 6.11 Å². The van der Waals surface area contributed by atoms with Gasteiger partial charge in [-0.05, 0) is 84.5 Å². The van der Waals surface area contributed by atoms with E-state index in [4.69, 9.17) is 0 Å². The van der Waals surface area contributed by atoms with Crippen molar-refractivity contribution >= 4 is 0 Å². The molecule has 250 valence electrons. The number of hydrogen-bond donors (Lipinski definition) is 0. The molecule has 0 N–H and O–H groups in total. The summed E-state index contributed by atoms with van der Waals surface area (Å²) >= 11 is 0. The molecule has 47 heavy (non-hydrogen) atoms. The predicted molar refractivity (Wildman–Crippen MR) is 157 cm³/mol. The zero-order chi connectivity index (χ0) is 34.0. The number of alkyl halides is 2. The summed E-state index contributed by atoms with van der Waals surface area (Å²) in [6.07, 6.45) is 3.81. The maximum absolute atomic E-state index is 15.3. The van der Waals surface area contributed by atoms with Crippen LogP contribution in [0.15, 0.2) is 54.6 Å². The van der Waals surface area contributed by atoms with Crippen molar-refractivity contribution in [2.75, 3.05) is 0 Å². The molecule has 0 amide bonds. The molecule has 0 atom stereocenters. The van der Waals surface area contributed by atoms with Crippen LogP contribution in [0.5, 0.6) is 5.75 Å². The highest BCUT2D eigenvalue weighted by Crippen LogP contribution is 2.41. The third-order valence-corrected chi connectivity index (χ3v) is 8.71. The average Bonchev–Trinajstić information content (AvgIpc) is 2.99. The molecule has 0 radical (unpaired) electrons. The Morgan fingerprint density at radius 1 is 0.638 bits per heavy atom. The summed E-state index contributed by atoms with van der Waals surface area (Å²) in [6.45, 7) is 2.16. The molecule has 4 aromatic rings. The van der Waals surface area contributed by atoms with Crippen molar-refractivity contribution in [1.29, 1.82) is 0 Å². The quantitative estimate of drug-likeness (QED) is 0.0929. The first kappa shape index (κ1) is 34.3. The molecule has 1 aliphatic carbocycles. The van der Waals surface area contributed by atoms with Crippen molar-refractivity contribution in [1.82, 2.24) is 0 Å². The molecule has 0 unspecified atom stereocenters. The van der Waals surface area contributed by atoms with Crippen LogP contribution in [0.4, 0.5) is 43.9 Å². The summed E-state index contributed by atoms with van der Waals surface area (Å²) in [6, 6.07) is 6.52. The summed E-state index contributed by atoms with van der Waals surface area (Å²) in [5, 5.41) is 0. The largest absolute Gasteiger partial charge is 0.432 e. The molecule has 0 aliphatic heterocycles. The van der Waals surface area contributed by atoms with E-state index in [9.17, 15) is 30.7 Å². The first-order valence-electron chi connectivity index (χ1n) is 15.3. The fourth-order valence-corrected chi connectivity index (χ4v) is 6.28. The molecule has 1 aliphatic rings. The maximum Gasteiger partial charge on any atom is 0.432 e. The van der Waals surface area contributed by atoms with Crippen LogP contribution < -0.4 is 4.74 Å². The highest BCUT2D eigenvalue weighted by molar-refractivity contribution is 5.72.